The highest BCUT2D eigenvalue weighted by Crippen LogP contribution is 2.44. The molecule has 0 radical (unpaired) electrons. The van der Waals surface area contributed by atoms with Gasteiger partial charge in [-0.3, -0.25) is 9.59 Å². The zero-order chi connectivity index (χ0) is 17.2. The van der Waals surface area contributed by atoms with Gasteiger partial charge in [0.05, 0.1) is 5.92 Å². The lowest BCUT2D eigenvalue weighted by atomic mass is 9.72. The lowest BCUT2D eigenvalue weighted by Crippen LogP contribution is -2.40. The van der Waals surface area contributed by atoms with E-state index < -0.39 is 11.9 Å². The molecule has 24 heavy (non-hydrogen) atoms. The number of aliphatic carboxylic acids is 1. The van der Waals surface area contributed by atoms with Crippen molar-refractivity contribution in [2.75, 3.05) is 26.3 Å². The van der Waals surface area contributed by atoms with Gasteiger partial charge in [-0.2, -0.15) is 0 Å². The molecule has 0 aromatic heterocycles. The fourth-order valence-corrected chi connectivity index (χ4v) is 4.07. The molecule has 0 saturated carbocycles. The van der Waals surface area contributed by atoms with Crippen LogP contribution in [0, 0.1) is 18.3 Å². The number of nitrogens with zero attached hydrogens (tertiary/aromatic N) is 1. The predicted octanol–water partition coefficient (Wildman–Crippen LogP) is 2.27. The van der Waals surface area contributed by atoms with Crippen molar-refractivity contribution in [1.82, 2.24) is 4.90 Å². The summed E-state index contributed by atoms with van der Waals surface area (Å²) in [5.74, 6) is -1.19. The molecule has 3 rings (SSSR count). The van der Waals surface area contributed by atoms with E-state index in [4.69, 9.17) is 4.74 Å². The third-order valence-corrected chi connectivity index (χ3v) is 5.66. The number of rotatable bonds is 4. The number of hydrogen-bond acceptors (Lipinski definition) is 3. The van der Waals surface area contributed by atoms with E-state index in [9.17, 15) is 14.7 Å². The van der Waals surface area contributed by atoms with Gasteiger partial charge in [-0.05, 0) is 37.3 Å². The molecule has 1 amide bonds. The van der Waals surface area contributed by atoms with Gasteiger partial charge in [0.2, 0.25) is 5.91 Å². The molecule has 2 aliphatic heterocycles. The number of amides is 1. The minimum absolute atomic E-state index is 0.0628. The van der Waals surface area contributed by atoms with Gasteiger partial charge < -0.3 is 14.7 Å². The summed E-state index contributed by atoms with van der Waals surface area (Å²) in [5.41, 5.74) is 2.07. The number of likely N-dealkylation sites (tertiary alicyclic amines) is 1. The van der Waals surface area contributed by atoms with E-state index >= 15 is 0 Å². The van der Waals surface area contributed by atoms with Crippen LogP contribution in [0.1, 0.15) is 30.4 Å². The summed E-state index contributed by atoms with van der Waals surface area (Å²) in [6.07, 6.45) is 2.59. The summed E-state index contributed by atoms with van der Waals surface area (Å²) in [7, 11) is 0. The number of hydrogen-bond donors (Lipinski definition) is 1. The molecule has 1 atom stereocenters. The smallest absolute Gasteiger partial charge is 0.308 e. The minimum Gasteiger partial charge on any atom is -0.481 e. The van der Waals surface area contributed by atoms with E-state index in [-0.39, 0.29) is 11.3 Å². The van der Waals surface area contributed by atoms with Crippen LogP contribution in [-0.4, -0.2) is 48.2 Å². The van der Waals surface area contributed by atoms with Gasteiger partial charge in [-0.25, -0.2) is 0 Å². The van der Waals surface area contributed by atoms with E-state index in [2.05, 4.69) is 0 Å². The number of carboxylic acid groups (broad SMARTS) is 1. The summed E-state index contributed by atoms with van der Waals surface area (Å²) >= 11 is 0. The monoisotopic (exact) mass is 331 g/mol. The largest absolute Gasteiger partial charge is 0.481 e. The van der Waals surface area contributed by atoms with Crippen molar-refractivity contribution in [3.8, 4) is 0 Å². The Hall–Kier alpha value is -1.88. The first-order chi connectivity index (χ1) is 11.5. The highest BCUT2D eigenvalue weighted by atomic mass is 16.5. The van der Waals surface area contributed by atoms with Gasteiger partial charge in [0.25, 0.3) is 0 Å². The predicted molar refractivity (Wildman–Crippen MR) is 89.7 cm³/mol. The van der Waals surface area contributed by atoms with Gasteiger partial charge in [-0.15, -0.1) is 0 Å². The number of carbonyl (C=O) groups is 2. The summed E-state index contributed by atoms with van der Waals surface area (Å²) < 4.78 is 5.40. The molecule has 2 heterocycles. The van der Waals surface area contributed by atoms with Crippen LogP contribution >= 0.6 is 0 Å². The molecule has 2 saturated heterocycles. The van der Waals surface area contributed by atoms with Gasteiger partial charge in [-0.1, -0.05) is 24.3 Å². The van der Waals surface area contributed by atoms with E-state index in [0.717, 1.165) is 12.8 Å². The average Bonchev–Trinajstić information content (AvgIpc) is 2.94. The molecule has 130 valence electrons. The van der Waals surface area contributed by atoms with Crippen LogP contribution in [0.15, 0.2) is 24.3 Å². The first-order valence-electron chi connectivity index (χ1n) is 8.65. The van der Waals surface area contributed by atoms with Gasteiger partial charge in [0.1, 0.15) is 0 Å². The Morgan fingerprint density at radius 1 is 1.29 bits per heavy atom. The molecule has 0 aliphatic carbocycles. The van der Waals surface area contributed by atoms with Crippen molar-refractivity contribution in [1.29, 1.82) is 0 Å². The highest BCUT2D eigenvalue weighted by Gasteiger charge is 2.51. The van der Waals surface area contributed by atoms with Gasteiger partial charge in [0, 0.05) is 38.1 Å². The molecule has 1 spiro atoms. The van der Waals surface area contributed by atoms with Crippen molar-refractivity contribution < 1.29 is 19.4 Å². The Kier molecular flexibility index (Phi) is 4.90. The first kappa shape index (κ1) is 17.0. The zero-order valence-corrected chi connectivity index (χ0v) is 14.2. The summed E-state index contributed by atoms with van der Waals surface area (Å²) in [4.78, 5) is 26.1. The molecular formula is C19H25NO4. The number of benzene rings is 1. The molecule has 1 aromatic rings. The van der Waals surface area contributed by atoms with E-state index in [1.807, 2.05) is 31.2 Å². The zero-order valence-electron chi connectivity index (χ0n) is 14.2. The van der Waals surface area contributed by atoms with Crippen LogP contribution < -0.4 is 0 Å². The quantitative estimate of drug-likeness (QED) is 0.919. The summed E-state index contributed by atoms with van der Waals surface area (Å²) in [5, 5.41) is 9.60. The van der Waals surface area contributed by atoms with Crippen molar-refractivity contribution in [3.63, 3.8) is 0 Å². The number of ether oxygens (including phenoxy) is 1. The van der Waals surface area contributed by atoms with Crippen molar-refractivity contribution in [2.45, 2.75) is 32.6 Å². The van der Waals surface area contributed by atoms with Crippen LogP contribution in [0.4, 0.5) is 0 Å². The van der Waals surface area contributed by atoms with Crippen molar-refractivity contribution in [2.24, 2.45) is 11.3 Å². The SMILES string of the molecule is Cc1ccccc1CCC(=O)N1CC(C(=O)O)C2(CCOCC2)C1. The maximum atomic E-state index is 12.6. The number of carboxylic acids is 1. The van der Waals surface area contributed by atoms with Crippen LogP contribution in [0.3, 0.4) is 0 Å². The topological polar surface area (TPSA) is 66.8 Å². The molecule has 2 fully saturated rings. The second kappa shape index (κ2) is 6.93. The molecule has 1 unspecified atom stereocenters. The standard InChI is InChI=1S/C19H25NO4/c1-14-4-2-3-5-15(14)6-7-17(21)20-12-16(18(22)23)19(13-20)8-10-24-11-9-19/h2-5,16H,6-13H2,1H3,(H,22,23). The molecule has 1 N–H and O–H groups in total. The summed E-state index contributed by atoms with van der Waals surface area (Å²) in [6.45, 7) is 4.12. The average molecular weight is 331 g/mol. The van der Waals surface area contributed by atoms with E-state index in [1.165, 1.54) is 11.1 Å². The molecular weight excluding hydrogens is 306 g/mol. The Labute approximate surface area is 142 Å². The maximum Gasteiger partial charge on any atom is 0.308 e. The van der Waals surface area contributed by atoms with Crippen LogP contribution in [0.2, 0.25) is 0 Å². The Morgan fingerprint density at radius 3 is 2.67 bits per heavy atom. The molecule has 0 bridgehead atoms. The molecule has 5 nitrogen and oxygen atoms in total. The fourth-order valence-electron chi connectivity index (χ4n) is 4.07. The van der Waals surface area contributed by atoms with Gasteiger partial charge in [0.15, 0.2) is 0 Å². The Balaban J connectivity index is 1.65. The second-order valence-corrected chi connectivity index (χ2v) is 7.07. The van der Waals surface area contributed by atoms with Crippen molar-refractivity contribution >= 4 is 11.9 Å². The lowest BCUT2D eigenvalue weighted by molar-refractivity contribution is -0.146. The molecule has 2 aliphatic rings. The maximum absolute atomic E-state index is 12.6. The van der Waals surface area contributed by atoms with Crippen LogP contribution in [0.5, 0.6) is 0 Å². The lowest BCUT2D eigenvalue weighted by Gasteiger charge is -2.36. The summed E-state index contributed by atoms with van der Waals surface area (Å²) in [6, 6.07) is 8.08. The van der Waals surface area contributed by atoms with Crippen molar-refractivity contribution in [3.05, 3.63) is 35.4 Å². The minimum atomic E-state index is -0.786. The normalized spacial score (nSPS) is 22.7. The Bertz CT molecular complexity index is 622. The van der Waals surface area contributed by atoms with Gasteiger partial charge >= 0.3 is 5.97 Å². The number of carbonyl (C=O) groups excluding carboxylic acids is 1. The van der Waals surface area contributed by atoms with Crippen LogP contribution in [0.25, 0.3) is 0 Å². The third kappa shape index (κ3) is 3.31. The number of aryl methyl sites for hydroxylation is 2. The second-order valence-electron chi connectivity index (χ2n) is 7.07. The fraction of sp³-hybridized carbons (Fsp3) is 0.579. The highest BCUT2D eigenvalue weighted by molar-refractivity contribution is 5.79. The Morgan fingerprint density at radius 2 is 2.00 bits per heavy atom. The first-order valence-corrected chi connectivity index (χ1v) is 8.65. The molecule has 5 heteroatoms. The van der Waals surface area contributed by atoms with Crippen LogP contribution in [-0.2, 0) is 20.7 Å². The van der Waals surface area contributed by atoms with E-state index in [0.29, 0.717) is 39.1 Å². The van der Waals surface area contributed by atoms with E-state index in [1.54, 1.807) is 4.90 Å². The third-order valence-electron chi connectivity index (χ3n) is 5.66. The molecule has 1 aromatic carbocycles.